The smallest absolute Gasteiger partial charge is 0.132 e. The van der Waals surface area contributed by atoms with Crippen LogP contribution in [0.1, 0.15) is 31.0 Å². The molecule has 1 heterocycles. The minimum absolute atomic E-state index is 0.499. The molecule has 1 aromatic rings. The van der Waals surface area contributed by atoms with E-state index in [0.717, 1.165) is 10.3 Å². The molecule has 0 spiro atoms. The SMILES string of the molecule is Cc1cc(C(C)C)c(Br)nn1. The maximum atomic E-state index is 3.97. The van der Waals surface area contributed by atoms with E-state index in [2.05, 4.69) is 46.0 Å². The first-order chi connectivity index (χ1) is 5.11. The fraction of sp³-hybridized carbons (Fsp3) is 0.500. The Morgan fingerprint density at radius 2 is 2.00 bits per heavy atom. The molecule has 3 heteroatoms. The summed E-state index contributed by atoms with van der Waals surface area (Å²) in [6, 6.07) is 2.06. The van der Waals surface area contributed by atoms with Crippen LogP contribution in [0.4, 0.5) is 0 Å². The van der Waals surface area contributed by atoms with Crippen molar-refractivity contribution in [3.63, 3.8) is 0 Å². The Hall–Kier alpha value is -0.440. The zero-order valence-electron chi connectivity index (χ0n) is 6.93. The van der Waals surface area contributed by atoms with Crippen molar-refractivity contribution in [2.75, 3.05) is 0 Å². The van der Waals surface area contributed by atoms with E-state index in [1.54, 1.807) is 0 Å². The Balaban J connectivity index is 3.13. The third kappa shape index (κ3) is 1.99. The third-order valence-electron chi connectivity index (χ3n) is 1.52. The highest BCUT2D eigenvalue weighted by atomic mass is 79.9. The first-order valence-corrected chi connectivity index (χ1v) is 4.40. The molecule has 0 amide bonds. The molecular weight excluding hydrogens is 204 g/mol. The van der Waals surface area contributed by atoms with E-state index in [1.807, 2.05) is 6.92 Å². The van der Waals surface area contributed by atoms with Crippen molar-refractivity contribution in [2.24, 2.45) is 0 Å². The molecule has 0 aromatic carbocycles. The predicted molar refractivity (Wildman–Crippen MR) is 48.6 cm³/mol. The average Bonchev–Trinajstić information content (AvgIpc) is 1.94. The van der Waals surface area contributed by atoms with Crippen molar-refractivity contribution in [3.05, 3.63) is 21.9 Å². The lowest BCUT2D eigenvalue weighted by Gasteiger charge is -2.06. The minimum Gasteiger partial charge on any atom is -0.155 e. The van der Waals surface area contributed by atoms with Crippen molar-refractivity contribution >= 4 is 15.9 Å². The maximum absolute atomic E-state index is 3.97. The lowest BCUT2D eigenvalue weighted by Crippen LogP contribution is -1.96. The Labute approximate surface area is 75.2 Å². The fourth-order valence-electron chi connectivity index (χ4n) is 0.899. The summed E-state index contributed by atoms with van der Waals surface area (Å²) in [7, 11) is 0. The van der Waals surface area contributed by atoms with Crippen LogP contribution in [0.15, 0.2) is 10.7 Å². The van der Waals surface area contributed by atoms with Crippen molar-refractivity contribution in [1.82, 2.24) is 10.2 Å². The summed E-state index contributed by atoms with van der Waals surface area (Å²) in [4.78, 5) is 0. The molecule has 0 unspecified atom stereocenters. The standard InChI is InChI=1S/C8H11BrN2/c1-5(2)7-4-6(3)10-11-8(7)9/h4-5H,1-3H3. The molecule has 0 aliphatic heterocycles. The largest absolute Gasteiger partial charge is 0.155 e. The van der Waals surface area contributed by atoms with Crippen molar-refractivity contribution < 1.29 is 0 Å². The summed E-state index contributed by atoms with van der Waals surface area (Å²) in [5.41, 5.74) is 2.19. The van der Waals surface area contributed by atoms with Crippen LogP contribution in [-0.2, 0) is 0 Å². The lowest BCUT2D eigenvalue weighted by molar-refractivity contribution is 0.818. The van der Waals surface area contributed by atoms with Crippen LogP contribution in [0.25, 0.3) is 0 Å². The molecule has 0 fully saturated rings. The van der Waals surface area contributed by atoms with Crippen LogP contribution >= 0.6 is 15.9 Å². The molecule has 2 nitrogen and oxygen atoms in total. The summed E-state index contributed by atoms with van der Waals surface area (Å²) >= 11 is 3.36. The molecule has 1 aromatic heterocycles. The van der Waals surface area contributed by atoms with Crippen LogP contribution < -0.4 is 0 Å². The highest BCUT2D eigenvalue weighted by Gasteiger charge is 2.05. The Bertz CT molecular complexity index is 258. The molecule has 0 aliphatic carbocycles. The van der Waals surface area contributed by atoms with Crippen LogP contribution in [0.3, 0.4) is 0 Å². The summed E-state index contributed by atoms with van der Waals surface area (Å²) in [5, 5.41) is 7.89. The zero-order chi connectivity index (χ0) is 8.43. The topological polar surface area (TPSA) is 25.8 Å². The van der Waals surface area contributed by atoms with Crippen molar-refractivity contribution in [1.29, 1.82) is 0 Å². The first-order valence-electron chi connectivity index (χ1n) is 3.61. The Morgan fingerprint density at radius 3 is 2.45 bits per heavy atom. The van der Waals surface area contributed by atoms with Gasteiger partial charge in [-0.25, -0.2) is 0 Å². The van der Waals surface area contributed by atoms with Gasteiger partial charge < -0.3 is 0 Å². The maximum Gasteiger partial charge on any atom is 0.132 e. The fourth-order valence-corrected chi connectivity index (χ4v) is 1.55. The number of hydrogen-bond acceptors (Lipinski definition) is 2. The molecule has 0 saturated carbocycles. The molecule has 0 saturated heterocycles. The van der Waals surface area contributed by atoms with E-state index >= 15 is 0 Å². The second kappa shape index (κ2) is 3.30. The molecule has 0 radical (unpaired) electrons. The van der Waals surface area contributed by atoms with E-state index in [1.165, 1.54) is 5.56 Å². The van der Waals surface area contributed by atoms with Crippen LogP contribution in [0.5, 0.6) is 0 Å². The number of aromatic nitrogens is 2. The number of halogens is 1. The van der Waals surface area contributed by atoms with Crippen molar-refractivity contribution in [2.45, 2.75) is 26.7 Å². The Kier molecular flexibility index (Phi) is 2.60. The van der Waals surface area contributed by atoms with Gasteiger partial charge in [0.1, 0.15) is 4.60 Å². The van der Waals surface area contributed by atoms with E-state index in [4.69, 9.17) is 0 Å². The lowest BCUT2D eigenvalue weighted by atomic mass is 10.1. The Morgan fingerprint density at radius 1 is 1.36 bits per heavy atom. The van der Waals surface area contributed by atoms with Crippen LogP contribution in [0, 0.1) is 6.92 Å². The van der Waals surface area contributed by atoms with Gasteiger partial charge in [0.25, 0.3) is 0 Å². The minimum atomic E-state index is 0.499. The number of rotatable bonds is 1. The van der Waals surface area contributed by atoms with Gasteiger partial charge >= 0.3 is 0 Å². The molecule has 1 rings (SSSR count). The summed E-state index contributed by atoms with van der Waals surface area (Å²) in [6.07, 6.45) is 0. The quantitative estimate of drug-likeness (QED) is 0.719. The van der Waals surface area contributed by atoms with E-state index in [-0.39, 0.29) is 0 Å². The summed E-state index contributed by atoms with van der Waals surface area (Å²) in [5.74, 6) is 0.499. The first kappa shape index (κ1) is 8.65. The van der Waals surface area contributed by atoms with Gasteiger partial charge in [-0.15, -0.1) is 5.10 Å². The normalized spacial score (nSPS) is 10.6. The van der Waals surface area contributed by atoms with Gasteiger partial charge in [-0.05, 0) is 40.4 Å². The number of hydrogen-bond donors (Lipinski definition) is 0. The molecule has 0 aliphatic rings. The van der Waals surface area contributed by atoms with Gasteiger partial charge in [-0.2, -0.15) is 5.10 Å². The summed E-state index contributed by atoms with van der Waals surface area (Å²) < 4.78 is 0.859. The highest BCUT2D eigenvalue weighted by Crippen LogP contribution is 2.21. The third-order valence-corrected chi connectivity index (χ3v) is 2.14. The highest BCUT2D eigenvalue weighted by molar-refractivity contribution is 9.10. The second-order valence-corrected chi connectivity index (χ2v) is 3.64. The van der Waals surface area contributed by atoms with Crippen LogP contribution in [-0.4, -0.2) is 10.2 Å². The molecule has 11 heavy (non-hydrogen) atoms. The van der Waals surface area contributed by atoms with Gasteiger partial charge in [0.05, 0.1) is 5.69 Å². The van der Waals surface area contributed by atoms with Crippen LogP contribution in [0.2, 0.25) is 0 Å². The predicted octanol–water partition coefficient (Wildman–Crippen LogP) is 2.67. The number of aryl methyl sites for hydroxylation is 1. The van der Waals surface area contributed by atoms with E-state index < -0.39 is 0 Å². The number of nitrogens with zero attached hydrogens (tertiary/aromatic N) is 2. The van der Waals surface area contributed by atoms with E-state index in [9.17, 15) is 0 Å². The zero-order valence-corrected chi connectivity index (χ0v) is 8.51. The van der Waals surface area contributed by atoms with Gasteiger partial charge in [0.15, 0.2) is 0 Å². The molecule has 0 N–H and O–H groups in total. The van der Waals surface area contributed by atoms with Crippen molar-refractivity contribution in [3.8, 4) is 0 Å². The monoisotopic (exact) mass is 214 g/mol. The second-order valence-electron chi connectivity index (χ2n) is 2.89. The van der Waals surface area contributed by atoms with E-state index in [0.29, 0.717) is 5.92 Å². The molecular formula is C8H11BrN2. The van der Waals surface area contributed by atoms with Gasteiger partial charge in [0.2, 0.25) is 0 Å². The molecule has 60 valence electrons. The van der Waals surface area contributed by atoms with Gasteiger partial charge in [-0.3, -0.25) is 0 Å². The summed E-state index contributed by atoms with van der Waals surface area (Å²) in [6.45, 7) is 6.23. The molecule has 0 bridgehead atoms. The van der Waals surface area contributed by atoms with Gasteiger partial charge in [-0.1, -0.05) is 13.8 Å². The molecule has 0 atom stereocenters. The average molecular weight is 215 g/mol. The van der Waals surface area contributed by atoms with Gasteiger partial charge in [0, 0.05) is 0 Å².